The molecule has 3 rings (SSSR count). The summed E-state index contributed by atoms with van der Waals surface area (Å²) in [6.45, 7) is 0. The number of methoxy groups -OCH3 is 1. The van der Waals surface area contributed by atoms with Crippen molar-refractivity contribution < 1.29 is 14.3 Å². The highest BCUT2D eigenvalue weighted by atomic mass is 35.5. The zero-order chi connectivity index (χ0) is 17.8. The molecule has 1 amide bonds. The number of halogens is 1. The van der Waals surface area contributed by atoms with Crippen molar-refractivity contribution in [3.05, 3.63) is 0 Å². The lowest BCUT2D eigenvalue weighted by Gasteiger charge is -2.32. The molecule has 5 atom stereocenters. The van der Waals surface area contributed by atoms with Crippen LogP contribution in [0.3, 0.4) is 0 Å². The molecule has 25 heavy (non-hydrogen) atoms. The summed E-state index contributed by atoms with van der Waals surface area (Å²) in [5.74, 6) is 1.35. The highest BCUT2D eigenvalue weighted by molar-refractivity contribution is 8.00. The molecular weight excluding hydrogens is 358 g/mol. The zero-order valence-electron chi connectivity index (χ0n) is 15.0. The van der Waals surface area contributed by atoms with Gasteiger partial charge in [0.25, 0.3) is 0 Å². The van der Waals surface area contributed by atoms with Crippen LogP contribution in [0.25, 0.3) is 0 Å². The molecule has 3 aliphatic rings. The van der Waals surface area contributed by atoms with Gasteiger partial charge in [0.05, 0.1) is 24.3 Å². The Balaban J connectivity index is 1.66. The third-order valence-electron chi connectivity index (χ3n) is 6.29. The molecule has 1 heterocycles. The van der Waals surface area contributed by atoms with Crippen molar-refractivity contribution in [3.8, 4) is 0 Å². The Hall–Kier alpha value is -0.420. The number of carbonyl (C=O) groups excluding carboxylic acids is 2. The molecule has 0 aromatic rings. The molecule has 0 spiro atoms. The third-order valence-corrected chi connectivity index (χ3v) is 8.16. The number of thioether (sulfide) groups is 1. The first-order valence-corrected chi connectivity index (χ1v) is 11.2. The van der Waals surface area contributed by atoms with Gasteiger partial charge in [0.1, 0.15) is 0 Å². The molecule has 5 unspecified atom stereocenters. The molecule has 0 aromatic heterocycles. The van der Waals surface area contributed by atoms with E-state index in [0.717, 1.165) is 31.4 Å². The van der Waals surface area contributed by atoms with Gasteiger partial charge < -0.3 is 10.1 Å². The molecular formula is C19H30ClNO3S. The molecule has 4 nitrogen and oxygen atoms in total. The summed E-state index contributed by atoms with van der Waals surface area (Å²) in [6.07, 6.45) is 10.1. The van der Waals surface area contributed by atoms with Gasteiger partial charge in [0.15, 0.2) is 0 Å². The topological polar surface area (TPSA) is 55.4 Å². The predicted molar refractivity (Wildman–Crippen MR) is 102 cm³/mol. The summed E-state index contributed by atoms with van der Waals surface area (Å²) >= 11 is 8.09. The van der Waals surface area contributed by atoms with E-state index in [-0.39, 0.29) is 34.5 Å². The van der Waals surface area contributed by atoms with Crippen LogP contribution in [0.1, 0.15) is 57.8 Å². The first-order chi connectivity index (χ1) is 12.1. The minimum atomic E-state index is -0.223. The Morgan fingerprint density at radius 1 is 1.04 bits per heavy atom. The first-order valence-electron chi connectivity index (χ1n) is 9.75. The second kappa shape index (κ2) is 8.98. The minimum Gasteiger partial charge on any atom is -0.469 e. The third kappa shape index (κ3) is 4.47. The van der Waals surface area contributed by atoms with Gasteiger partial charge in [-0.3, -0.25) is 9.59 Å². The monoisotopic (exact) mass is 387 g/mol. The van der Waals surface area contributed by atoms with Crippen LogP contribution in [0.5, 0.6) is 0 Å². The first kappa shape index (κ1) is 19.3. The van der Waals surface area contributed by atoms with Gasteiger partial charge in [0, 0.05) is 5.38 Å². The summed E-state index contributed by atoms with van der Waals surface area (Å²) in [5.41, 5.74) is 0. The molecule has 0 bridgehead atoms. The molecule has 0 radical (unpaired) electrons. The van der Waals surface area contributed by atoms with Crippen LogP contribution in [0, 0.1) is 23.7 Å². The SMILES string of the molecule is COC(=O)C1C(NC(=O)C2CCCCC2Cl)SCC1C1CCCCC1. The van der Waals surface area contributed by atoms with Crippen molar-refractivity contribution in [3.63, 3.8) is 0 Å². The van der Waals surface area contributed by atoms with E-state index in [0.29, 0.717) is 11.8 Å². The average molecular weight is 388 g/mol. The quantitative estimate of drug-likeness (QED) is 0.586. The fourth-order valence-corrected chi connectivity index (χ4v) is 6.86. The summed E-state index contributed by atoms with van der Waals surface area (Å²) in [5, 5.41) is 2.91. The predicted octanol–water partition coefficient (Wildman–Crippen LogP) is 3.96. The van der Waals surface area contributed by atoms with Crippen LogP contribution >= 0.6 is 23.4 Å². The van der Waals surface area contributed by atoms with Gasteiger partial charge in [-0.25, -0.2) is 0 Å². The van der Waals surface area contributed by atoms with E-state index in [9.17, 15) is 9.59 Å². The Morgan fingerprint density at radius 2 is 1.72 bits per heavy atom. The maximum Gasteiger partial charge on any atom is 0.311 e. The van der Waals surface area contributed by atoms with E-state index in [1.54, 1.807) is 11.8 Å². The Bertz CT molecular complexity index is 483. The average Bonchev–Trinajstić information content (AvgIpc) is 3.05. The van der Waals surface area contributed by atoms with E-state index >= 15 is 0 Å². The molecule has 1 saturated heterocycles. The van der Waals surface area contributed by atoms with Crippen molar-refractivity contribution in [1.29, 1.82) is 0 Å². The minimum absolute atomic E-state index is 0.0235. The fourth-order valence-electron chi connectivity index (χ4n) is 4.83. The lowest BCUT2D eigenvalue weighted by Crippen LogP contribution is -2.46. The number of hydrogen-bond acceptors (Lipinski definition) is 4. The molecule has 142 valence electrons. The Labute approximate surface area is 160 Å². The smallest absolute Gasteiger partial charge is 0.311 e. The number of carbonyl (C=O) groups is 2. The molecule has 0 aromatic carbocycles. The lowest BCUT2D eigenvalue weighted by atomic mass is 9.75. The van der Waals surface area contributed by atoms with E-state index in [4.69, 9.17) is 16.3 Å². The number of rotatable bonds is 4. The van der Waals surface area contributed by atoms with E-state index in [2.05, 4.69) is 5.32 Å². The van der Waals surface area contributed by atoms with Gasteiger partial charge in [-0.1, -0.05) is 44.9 Å². The maximum absolute atomic E-state index is 12.7. The van der Waals surface area contributed by atoms with Gasteiger partial charge >= 0.3 is 5.97 Å². The van der Waals surface area contributed by atoms with Gasteiger partial charge in [-0.05, 0) is 30.4 Å². The van der Waals surface area contributed by atoms with Crippen molar-refractivity contribution in [2.45, 2.75) is 68.5 Å². The Kier molecular flexibility index (Phi) is 6.95. The maximum atomic E-state index is 12.7. The van der Waals surface area contributed by atoms with Crippen LogP contribution in [0.4, 0.5) is 0 Å². The second-order valence-electron chi connectivity index (χ2n) is 7.78. The van der Waals surface area contributed by atoms with Gasteiger partial charge in [0.2, 0.25) is 5.91 Å². The summed E-state index contributed by atoms with van der Waals surface area (Å²) in [7, 11) is 1.46. The molecule has 1 aliphatic heterocycles. The highest BCUT2D eigenvalue weighted by Gasteiger charge is 2.47. The molecule has 2 saturated carbocycles. The van der Waals surface area contributed by atoms with Crippen molar-refractivity contribution >= 4 is 35.2 Å². The number of amides is 1. The molecule has 6 heteroatoms. The van der Waals surface area contributed by atoms with Crippen LogP contribution in [0.2, 0.25) is 0 Å². The van der Waals surface area contributed by atoms with Crippen molar-refractivity contribution in [2.75, 3.05) is 12.9 Å². The summed E-state index contributed by atoms with van der Waals surface area (Å²) < 4.78 is 5.10. The van der Waals surface area contributed by atoms with Crippen molar-refractivity contribution in [2.24, 2.45) is 23.7 Å². The summed E-state index contributed by atoms with van der Waals surface area (Å²) in [4.78, 5) is 25.2. The van der Waals surface area contributed by atoms with Crippen LogP contribution in [-0.2, 0) is 14.3 Å². The van der Waals surface area contributed by atoms with Gasteiger partial charge in [-0.2, -0.15) is 0 Å². The second-order valence-corrected chi connectivity index (χ2v) is 9.52. The Morgan fingerprint density at radius 3 is 2.40 bits per heavy atom. The zero-order valence-corrected chi connectivity index (χ0v) is 16.6. The van der Waals surface area contributed by atoms with Crippen LogP contribution in [0.15, 0.2) is 0 Å². The molecule has 3 fully saturated rings. The van der Waals surface area contributed by atoms with Crippen molar-refractivity contribution in [1.82, 2.24) is 5.32 Å². The van der Waals surface area contributed by atoms with E-state index < -0.39 is 0 Å². The van der Waals surface area contributed by atoms with E-state index in [1.807, 2.05) is 0 Å². The number of ether oxygens (including phenoxy) is 1. The van der Waals surface area contributed by atoms with Gasteiger partial charge in [-0.15, -0.1) is 23.4 Å². The highest BCUT2D eigenvalue weighted by Crippen LogP contribution is 2.45. The van der Waals surface area contributed by atoms with Crippen LogP contribution in [-0.4, -0.2) is 35.5 Å². The standard InChI is InChI=1S/C19H30ClNO3S/c1-24-19(23)16-14(12-7-3-2-4-8-12)11-25-18(16)21-17(22)13-9-5-6-10-15(13)20/h12-16,18H,2-11H2,1H3,(H,21,22). The number of nitrogens with one attached hydrogen (secondary N) is 1. The number of hydrogen-bond donors (Lipinski definition) is 1. The normalized spacial score (nSPS) is 36.8. The number of esters is 1. The van der Waals surface area contributed by atoms with Crippen LogP contribution < -0.4 is 5.32 Å². The molecule has 1 N–H and O–H groups in total. The molecule has 2 aliphatic carbocycles. The summed E-state index contributed by atoms with van der Waals surface area (Å²) in [6, 6.07) is 0. The number of alkyl halides is 1. The van der Waals surface area contributed by atoms with E-state index in [1.165, 1.54) is 39.2 Å². The fraction of sp³-hybridized carbons (Fsp3) is 0.895. The largest absolute Gasteiger partial charge is 0.469 e. The lowest BCUT2D eigenvalue weighted by molar-refractivity contribution is -0.148.